The molecule has 0 rings (SSSR count). The van der Waals surface area contributed by atoms with Crippen LogP contribution in [0.2, 0.25) is 0 Å². The SMILES string of the molecule is C[C@H](NC(=O)[C@H](CO)NC(=O)CNC(=O)CNC(=O)CNC(=O)CNC(=O)[C@H](CO)NC(=O)CNC(=O)CNC(=O)CNC(=O)CN)C(=O)N[C@@H](CCC(=O)O)C(=O)N[C@@H](CO)C(=O)N[C@@H](CCCCN)C(=O)O. The third kappa shape index (κ3) is 29.3. The third-order valence-corrected chi connectivity index (χ3v) is 9.36. The molecule has 0 fully saturated rings. The molecule has 74 heavy (non-hydrogen) atoms. The van der Waals surface area contributed by atoms with Crippen molar-refractivity contribution >= 4 is 88.7 Å². The second-order valence-corrected chi connectivity index (χ2v) is 15.3. The zero-order valence-corrected chi connectivity index (χ0v) is 40.0. The molecule has 0 aromatic rings. The van der Waals surface area contributed by atoms with E-state index in [4.69, 9.17) is 16.6 Å². The van der Waals surface area contributed by atoms with Gasteiger partial charge in [0.2, 0.25) is 76.8 Å². The molecule has 0 bridgehead atoms. The third-order valence-electron chi connectivity index (χ3n) is 9.36. The van der Waals surface area contributed by atoms with Crippen molar-refractivity contribution in [2.75, 3.05) is 78.7 Å². The van der Waals surface area contributed by atoms with Gasteiger partial charge in [-0.1, -0.05) is 0 Å². The zero-order valence-electron chi connectivity index (χ0n) is 40.0. The van der Waals surface area contributed by atoms with Gasteiger partial charge in [0.05, 0.1) is 72.2 Å². The number of hydrogen-bond acceptors (Lipinski definition) is 20. The fourth-order valence-electron chi connectivity index (χ4n) is 5.33. The summed E-state index contributed by atoms with van der Waals surface area (Å²) in [6.07, 6.45) is -0.505. The molecule has 35 heteroatoms. The predicted octanol–water partition coefficient (Wildman–Crippen LogP) is -13.3. The van der Waals surface area contributed by atoms with Gasteiger partial charge >= 0.3 is 11.9 Å². The van der Waals surface area contributed by atoms with Gasteiger partial charge in [-0.3, -0.25) is 67.1 Å². The number of carboxylic acid groups (broad SMARTS) is 2. The molecule has 0 saturated carbocycles. The first-order valence-corrected chi connectivity index (χ1v) is 22.3. The highest BCUT2D eigenvalue weighted by molar-refractivity contribution is 5.97. The van der Waals surface area contributed by atoms with Gasteiger partial charge < -0.3 is 106 Å². The smallest absolute Gasteiger partial charge is 0.326 e. The maximum Gasteiger partial charge on any atom is 0.326 e. The number of nitrogens with one attached hydrogen (secondary N) is 13. The number of hydrogen-bond donors (Lipinski definition) is 20. The van der Waals surface area contributed by atoms with Gasteiger partial charge in [-0.25, -0.2) is 4.79 Å². The number of carbonyl (C=O) groups excluding carboxylic acids is 13. The van der Waals surface area contributed by atoms with Gasteiger partial charge in [-0.15, -0.1) is 0 Å². The van der Waals surface area contributed by atoms with Gasteiger partial charge in [-0.05, 0) is 39.2 Å². The number of nitrogens with two attached hydrogens (primary N) is 2. The Hall–Kier alpha value is -8.15. The van der Waals surface area contributed by atoms with Gasteiger partial charge in [0, 0.05) is 6.42 Å². The zero-order chi connectivity index (χ0) is 56.3. The molecule has 0 unspecified atom stereocenters. The molecule has 0 saturated heterocycles. The van der Waals surface area contributed by atoms with E-state index >= 15 is 0 Å². The maximum atomic E-state index is 13.1. The molecule has 416 valence electrons. The summed E-state index contributed by atoms with van der Waals surface area (Å²) in [6.45, 7) is -6.75. The summed E-state index contributed by atoms with van der Waals surface area (Å²) < 4.78 is 0. The molecule has 6 atom stereocenters. The van der Waals surface area contributed by atoms with Crippen LogP contribution in [0.3, 0.4) is 0 Å². The van der Waals surface area contributed by atoms with E-state index in [1.807, 2.05) is 0 Å². The number of amides is 13. The fourth-order valence-corrected chi connectivity index (χ4v) is 5.33. The predicted molar refractivity (Wildman–Crippen MR) is 246 cm³/mol. The largest absolute Gasteiger partial charge is 0.481 e. The summed E-state index contributed by atoms with van der Waals surface area (Å²) in [7, 11) is 0. The number of aliphatic hydroxyl groups is 3. The first-order chi connectivity index (χ1) is 34.9. The Labute approximate surface area is 420 Å². The van der Waals surface area contributed by atoms with Crippen LogP contribution in [0.5, 0.6) is 0 Å². The Kier molecular flexibility index (Phi) is 32.7. The fraction of sp³-hybridized carbons (Fsp3) is 0.615. The molecule has 13 amide bonds. The normalized spacial score (nSPS) is 12.9. The Morgan fingerprint density at radius 1 is 0.378 bits per heavy atom. The summed E-state index contributed by atoms with van der Waals surface area (Å²) >= 11 is 0. The standard InChI is InChI=1S/C39H65N15O20/c1-19(34(68)52-20(5-6-33(66)67)36(70)54-24(18-57)38(72)53-21(39(73)74)4-2-3-7-40)49-37(71)23(17-56)51-32(65)15-47-29(62)12-44-27(60)10-45-30(63)13-48-35(69)22(16-55)50-31(64)14-46-28(61)11-43-26(59)9-42-25(58)8-41/h19-24,55-57H,2-18,40-41H2,1H3,(H,42,58)(H,43,59)(H,44,60)(H,45,63)(H,46,61)(H,47,62)(H,48,69)(H,49,71)(H,50,64)(H,51,65)(H,52,68)(H,53,72)(H,54,70)(H,66,67)(H,73,74)/t19-,20-,21-,22-,23-,24-/m0/s1. The van der Waals surface area contributed by atoms with Gasteiger partial charge in [0.1, 0.15) is 36.3 Å². The van der Waals surface area contributed by atoms with Crippen LogP contribution in [-0.2, 0) is 71.9 Å². The summed E-state index contributed by atoms with van der Waals surface area (Å²) in [4.78, 5) is 183. The minimum atomic E-state index is -1.74. The molecule has 35 nitrogen and oxygen atoms in total. The molecule has 0 aromatic heterocycles. The van der Waals surface area contributed by atoms with Crippen molar-refractivity contribution in [1.29, 1.82) is 0 Å². The van der Waals surface area contributed by atoms with E-state index in [0.29, 0.717) is 12.8 Å². The van der Waals surface area contributed by atoms with Crippen LogP contribution in [-0.4, -0.2) is 229 Å². The first kappa shape index (κ1) is 65.8. The lowest BCUT2D eigenvalue weighted by atomic mass is 10.1. The van der Waals surface area contributed by atoms with E-state index in [9.17, 15) is 92.3 Å². The minimum absolute atomic E-state index is 0.0277. The second-order valence-electron chi connectivity index (χ2n) is 15.3. The summed E-state index contributed by atoms with van der Waals surface area (Å²) in [6, 6.07) is -9.67. The van der Waals surface area contributed by atoms with E-state index in [1.54, 1.807) is 0 Å². The lowest BCUT2D eigenvalue weighted by molar-refractivity contribution is -0.143. The summed E-state index contributed by atoms with van der Waals surface area (Å²) in [5, 5.41) is 75.2. The van der Waals surface area contributed by atoms with E-state index in [-0.39, 0.29) is 19.5 Å². The average molecular weight is 1060 g/mol. The highest BCUT2D eigenvalue weighted by Crippen LogP contribution is 2.04. The second kappa shape index (κ2) is 36.7. The van der Waals surface area contributed by atoms with Crippen molar-refractivity contribution in [3.63, 3.8) is 0 Å². The lowest BCUT2D eigenvalue weighted by Crippen LogP contribution is -2.59. The van der Waals surface area contributed by atoms with Crippen molar-refractivity contribution < 1.29 is 97.5 Å². The van der Waals surface area contributed by atoms with Crippen LogP contribution in [0.15, 0.2) is 0 Å². The highest BCUT2D eigenvalue weighted by atomic mass is 16.4. The van der Waals surface area contributed by atoms with E-state index in [2.05, 4.69) is 69.1 Å². The lowest BCUT2D eigenvalue weighted by Gasteiger charge is -2.25. The van der Waals surface area contributed by atoms with Crippen LogP contribution < -0.4 is 80.6 Å². The van der Waals surface area contributed by atoms with Gasteiger partial charge in [0.25, 0.3) is 0 Å². The molecular weight excluding hydrogens is 999 g/mol. The number of aliphatic hydroxyl groups excluding tert-OH is 3. The number of aliphatic carboxylic acids is 2. The van der Waals surface area contributed by atoms with Crippen molar-refractivity contribution in [2.24, 2.45) is 11.5 Å². The minimum Gasteiger partial charge on any atom is -0.481 e. The van der Waals surface area contributed by atoms with Crippen molar-refractivity contribution in [2.45, 2.75) is 75.3 Å². The van der Waals surface area contributed by atoms with Crippen molar-refractivity contribution in [3.05, 3.63) is 0 Å². The molecule has 0 aliphatic rings. The first-order valence-electron chi connectivity index (χ1n) is 22.3. The van der Waals surface area contributed by atoms with E-state index < -0.39 is 203 Å². The van der Waals surface area contributed by atoms with Crippen molar-refractivity contribution in [3.8, 4) is 0 Å². The molecule has 0 radical (unpaired) electrons. The quantitative estimate of drug-likeness (QED) is 0.0257. The topological polar surface area (TPSA) is 566 Å². The average Bonchev–Trinajstić information content (AvgIpc) is 3.36. The monoisotopic (exact) mass is 1060 g/mol. The highest BCUT2D eigenvalue weighted by Gasteiger charge is 2.32. The number of carboxylic acids is 2. The molecule has 0 heterocycles. The molecule has 0 aliphatic heterocycles. The molecular formula is C39H65N15O20. The van der Waals surface area contributed by atoms with E-state index in [0.717, 1.165) is 6.92 Å². The molecule has 0 aromatic carbocycles. The van der Waals surface area contributed by atoms with Crippen LogP contribution in [0.4, 0.5) is 0 Å². The number of carbonyl (C=O) groups is 15. The Morgan fingerprint density at radius 2 is 0.730 bits per heavy atom. The Balaban J connectivity index is 4.91. The Morgan fingerprint density at radius 3 is 1.14 bits per heavy atom. The van der Waals surface area contributed by atoms with Gasteiger partial charge in [0.15, 0.2) is 0 Å². The number of unbranched alkanes of at least 4 members (excludes halogenated alkanes) is 1. The molecule has 0 aliphatic carbocycles. The van der Waals surface area contributed by atoms with Crippen LogP contribution in [0, 0.1) is 0 Å². The maximum absolute atomic E-state index is 13.1. The summed E-state index contributed by atoms with van der Waals surface area (Å²) in [5.41, 5.74) is 10.5. The van der Waals surface area contributed by atoms with Gasteiger partial charge in [-0.2, -0.15) is 0 Å². The number of rotatable bonds is 37. The van der Waals surface area contributed by atoms with Crippen molar-refractivity contribution in [1.82, 2.24) is 69.1 Å². The molecule has 22 N–H and O–H groups in total. The molecule has 0 spiro atoms. The van der Waals surface area contributed by atoms with E-state index in [1.165, 1.54) is 0 Å². The van der Waals surface area contributed by atoms with Crippen LogP contribution in [0.1, 0.15) is 39.0 Å². The van der Waals surface area contributed by atoms with Crippen LogP contribution >= 0.6 is 0 Å². The Bertz CT molecular complexity index is 2010. The van der Waals surface area contributed by atoms with Crippen LogP contribution in [0.25, 0.3) is 0 Å². The summed E-state index contributed by atoms with van der Waals surface area (Å²) in [5.74, 6) is -15.3.